The van der Waals surface area contributed by atoms with Crippen LogP contribution in [0.15, 0.2) is 36.4 Å². The van der Waals surface area contributed by atoms with Gasteiger partial charge >= 0.3 is 0 Å². The molecule has 0 unspecified atom stereocenters. The molecular formula is C13H14N2O2. The number of benzene rings is 1. The zero-order valence-corrected chi connectivity index (χ0v) is 9.81. The van der Waals surface area contributed by atoms with E-state index in [1.165, 1.54) is 0 Å². The van der Waals surface area contributed by atoms with E-state index in [2.05, 4.69) is 4.98 Å². The number of hydrogen-bond donors (Lipinski definition) is 1. The molecule has 0 aliphatic carbocycles. The molecule has 2 aromatic rings. The van der Waals surface area contributed by atoms with Crippen LogP contribution < -0.4 is 15.2 Å². The maximum Gasteiger partial charge on any atom is 0.219 e. The second-order valence-corrected chi connectivity index (χ2v) is 3.63. The topological polar surface area (TPSA) is 57.4 Å². The third-order valence-corrected chi connectivity index (χ3v) is 2.26. The maximum atomic E-state index is 5.67. The molecular weight excluding hydrogens is 216 g/mol. The standard InChI is InChI=1S/C13H14N2O2/c1-9-4-3-5-13(15-9)17-11-7-6-10(14)8-12(11)16-2/h3-8H,14H2,1-2H3. The Morgan fingerprint density at radius 2 is 1.94 bits per heavy atom. The van der Waals surface area contributed by atoms with E-state index in [1.807, 2.05) is 19.1 Å². The summed E-state index contributed by atoms with van der Waals surface area (Å²) in [5.41, 5.74) is 7.20. The Balaban J connectivity index is 2.29. The lowest BCUT2D eigenvalue weighted by atomic mass is 10.3. The number of nitrogen functional groups attached to an aromatic ring is 1. The Labute approximate surface area is 100 Å². The molecule has 4 nitrogen and oxygen atoms in total. The molecule has 0 aliphatic rings. The molecule has 0 atom stereocenters. The molecule has 17 heavy (non-hydrogen) atoms. The Morgan fingerprint density at radius 1 is 1.12 bits per heavy atom. The van der Waals surface area contributed by atoms with Crippen molar-refractivity contribution >= 4 is 5.69 Å². The average Bonchev–Trinajstić information content (AvgIpc) is 2.31. The predicted molar refractivity (Wildman–Crippen MR) is 66.5 cm³/mol. The van der Waals surface area contributed by atoms with E-state index in [4.69, 9.17) is 15.2 Å². The summed E-state index contributed by atoms with van der Waals surface area (Å²) in [5.74, 6) is 1.72. The van der Waals surface area contributed by atoms with Crippen molar-refractivity contribution < 1.29 is 9.47 Å². The lowest BCUT2D eigenvalue weighted by Gasteiger charge is -2.10. The van der Waals surface area contributed by atoms with Crippen molar-refractivity contribution in [2.24, 2.45) is 0 Å². The highest BCUT2D eigenvalue weighted by molar-refractivity contribution is 5.52. The molecule has 2 N–H and O–H groups in total. The van der Waals surface area contributed by atoms with Crippen molar-refractivity contribution in [3.8, 4) is 17.4 Å². The number of rotatable bonds is 3. The van der Waals surface area contributed by atoms with Crippen LogP contribution in [0.5, 0.6) is 17.4 Å². The van der Waals surface area contributed by atoms with Gasteiger partial charge in [0.05, 0.1) is 7.11 Å². The number of ether oxygens (including phenoxy) is 2. The van der Waals surface area contributed by atoms with E-state index in [0.717, 1.165) is 5.69 Å². The number of aromatic nitrogens is 1. The van der Waals surface area contributed by atoms with E-state index < -0.39 is 0 Å². The van der Waals surface area contributed by atoms with Gasteiger partial charge in [-0.1, -0.05) is 6.07 Å². The molecule has 4 heteroatoms. The first-order chi connectivity index (χ1) is 8.19. The van der Waals surface area contributed by atoms with Crippen LogP contribution in [-0.4, -0.2) is 12.1 Å². The van der Waals surface area contributed by atoms with E-state index in [-0.39, 0.29) is 0 Å². The fourth-order valence-corrected chi connectivity index (χ4v) is 1.46. The molecule has 0 fully saturated rings. The Bertz CT molecular complexity index is 527. The summed E-state index contributed by atoms with van der Waals surface area (Å²) in [6.07, 6.45) is 0. The molecule has 1 aromatic carbocycles. The van der Waals surface area contributed by atoms with Gasteiger partial charge in [-0.05, 0) is 25.1 Å². The van der Waals surface area contributed by atoms with Crippen molar-refractivity contribution in [2.45, 2.75) is 6.92 Å². The minimum Gasteiger partial charge on any atom is -0.493 e. The fourth-order valence-electron chi connectivity index (χ4n) is 1.46. The van der Waals surface area contributed by atoms with Gasteiger partial charge in [-0.15, -0.1) is 0 Å². The smallest absolute Gasteiger partial charge is 0.219 e. The summed E-state index contributed by atoms with van der Waals surface area (Å²) in [6.45, 7) is 1.91. The first-order valence-electron chi connectivity index (χ1n) is 5.24. The number of aryl methyl sites for hydroxylation is 1. The van der Waals surface area contributed by atoms with Crippen LogP contribution in [0, 0.1) is 6.92 Å². The van der Waals surface area contributed by atoms with Crippen LogP contribution in [0.4, 0.5) is 5.69 Å². The van der Waals surface area contributed by atoms with Crippen molar-refractivity contribution in [3.63, 3.8) is 0 Å². The average molecular weight is 230 g/mol. The van der Waals surface area contributed by atoms with E-state index in [1.54, 1.807) is 31.4 Å². The minimum atomic E-state index is 0.535. The van der Waals surface area contributed by atoms with Crippen molar-refractivity contribution in [2.75, 3.05) is 12.8 Å². The van der Waals surface area contributed by atoms with E-state index >= 15 is 0 Å². The molecule has 0 bridgehead atoms. The van der Waals surface area contributed by atoms with Gasteiger partial charge in [-0.3, -0.25) is 0 Å². The van der Waals surface area contributed by atoms with Crippen molar-refractivity contribution in [3.05, 3.63) is 42.1 Å². The molecule has 0 saturated heterocycles. The summed E-state index contributed by atoms with van der Waals surface area (Å²) in [4.78, 5) is 4.26. The van der Waals surface area contributed by atoms with Gasteiger partial charge < -0.3 is 15.2 Å². The van der Waals surface area contributed by atoms with Crippen molar-refractivity contribution in [1.29, 1.82) is 0 Å². The van der Waals surface area contributed by atoms with E-state index in [9.17, 15) is 0 Å². The zero-order chi connectivity index (χ0) is 12.3. The number of hydrogen-bond acceptors (Lipinski definition) is 4. The van der Waals surface area contributed by atoms with Crippen molar-refractivity contribution in [1.82, 2.24) is 4.98 Å². The van der Waals surface area contributed by atoms with Gasteiger partial charge in [0, 0.05) is 23.5 Å². The van der Waals surface area contributed by atoms with Crippen LogP contribution >= 0.6 is 0 Å². The monoisotopic (exact) mass is 230 g/mol. The normalized spacial score (nSPS) is 10.0. The minimum absolute atomic E-state index is 0.535. The summed E-state index contributed by atoms with van der Waals surface area (Å²) in [5, 5.41) is 0. The molecule has 2 rings (SSSR count). The molecule has 0 saturated carbocycles. The third-order valence-electron chi connectivity index (χ3n) is 2.26. The lowest BCUT2D eigenvalue weighted by Crippen LogP contribution is -1.94. The van der Waals surface area contributed by atoms with Crippen LogP contribution in [0.25, 0.3) is 0 Å². The van der Waals surface area contributed by atoms with Gasteiger partial charge in [0.25, 0.3) is 0 Å². The molecule has 0 aliphatic heterocycles. The molecule has 0 spiro atoms. The molecule has 88 valence electrons. The summed E-state index contributed by atoms with van der Waals surface area (Å²) in [7, 11) is 1.57. The highest BCUT2D eigenvalue weighted by Gasteiger charge is 2.06. The van der Waals surface area contributed by atoms with E-state index in [0.29, 0.717) is 23.1 Å². The lowest BCUT2D eigenvalue weighted by molar-refractivity contribution is 0.374. The summed E-state index contributed by atoms with van der Waals surface area (Å²) < 4.78 is 10.8. The first kappa shape index (κ1) is 11.3. The van der Waals surface area contributed by atoms with Gasteiger partial charge in [0.1, 0.15) is 0 Å². The Morgan fingerprint density at radius 3 is 2.65 bits per heavy atom. The van der Waals surface area contributed by atoms with Crippen LogP contribution in [0.1, 0.15) is 5.69 Å². The summed E-state index contributed by atoms with van der Waals surface area (Å²) in [6, 6.07) is 10.8. The SMILES string of the molecule is COc1cc(N)ccc1Oc1cccc(C)n1. The number of nitrogens with two attached hydrogens (primary N) is 1. The van der Waals surface area contributed by atoms with Gasteiger partial charge in [-0.25, -0.2) is 4.98 Å². The number of nitrogens with zero attached hydrogens (tertiary/aromatic N) is 1. The molecule has 1 heterocycles. The van der Waals surface area contributed by atoms with Crippen LogP contribution in [-0.2, 0) is 0 Å². The highest BCUT2D eigenvalue weighted by Crippen LogP contribution is 2.32. The van der Waals surface area contributed by atoms with Crippen LogP contribution in [0.3, 0.4) is 0 Å². The van der Waals surface area contributed by atoms with Gasteiger partial charge in [0.15, 0.2) is 11.5 Å². The Kier molecular flexibility index (Phi) is 3.14. The molecule has 0 radical (unpaired) electrons. The number of pyridine rings is 1. The number of anilines is 1. The van der Waals surface area contributed by atoms with Gasteiger partial charge in [-0.2, -0.15) is 0 Å². The van der Waals surface area contributed by atoms with Gasteiger partial charge in [0.2, 0.25) is 5.88 Å². The second-order valence-electron chi connectivity index (χ2n) is 3.63. The molecule has 1 aromatic heterocycles. The fraction of sp³-hybridized carbons (Fsp3) is 0.154. The quantitative estimate of drug-likeness (QED) is 0.824. The first-order valence-corrected chi connectivity index (χ1v) is 5.24. The number of methoxy groups -OCH3 is 1. The summed E-state index contributed by atoms with van der Waals surface area (Å²) >= 11 is 0. The molecule has 0 amide bonds. The Hall–Kier alpha value is -2.23. The largest absolute Gasteiger partial charge is 0.493 e. The zero-order valence-electron chi connectivity index (χ0n) is 9.81. The highest BCUT2D eigenvalue weighted by atomic mass is 16.5. The second kappa shape index (κ2) is 4.74. The van der Waals surface area contributed by atoms with Crippen LogP contribution in [0.2, 0.25) is 0 Å². The maximum absolute atomic E-state index is 5.67. The third kappa shape index (κ3) is 2.66. The predicted octanol–water partition coefficient (Wildman–Crippen LogP) is 2.77.